The standard InChI is InChI=1S/C15H14N4O3S/c20-14-6-5-11(12-3-1-9-22-12)18-19(14)8-7-16-15(21)17-13-4-2-10-23-13/h1-6,9-10H,7-8H2,(H2,16,17,21). The fraction of sp³-hybridized carbons (Fsp3) is 0.133. The SMILES string of the molecule is O=C(NCCn1nc(-c2ccco2)ccc1=O)Nc1cccs1. The van der Waals surface area contributed by atoms with Gasteiger partial charge in [-0.3, -0.25) is 10.1 Å². The highest BCUT2D eigenvalue weighted by atomic mass is 32.1. The zero-order valence-electron chi connectivity index (χ0n) is 12.1. The number of anilines is 1. The van der Waals surface area contributed by atoms with E-state index in [9.17, 15) is 9.59 Å². The number of nitrogens with one attached hydrogen (secondary N) is 2. The molecule has 0 spiro atoms. The second-order valence-electron chi connectivity index (χ2n) is 4.62. The molecule has 0 aliphatic carbocycles. The van der Waals surface area contributed by atoms with E-state index in [1.165, 1.54) is 22.1 Å². The summed E-state index contributed by atoms with van der Waals surface area (Å²) in [5, 5.41) is 12.3. The van der Waals surface area contributed by atoms with E-state index < -0.39 is 0 Å². The minimum atomic E-state index is -0.317. The second-order valence-corrected chi connectivity index (χ2v) is 5.56. The van der Waals surface area contributed by atoms with Crippen molar-refractivity contribution in [2.45, 2.75) is 6.54 Å². The van der Waals surface area contributed by atoms with Crippen LogP contribution in [0, 0.1) is 0 Å². The Morgan fingerprint density at radius 1 is 1.26 bits per heavy atom. The first-order chi connectivity index (χ1) is 11.2. The molecule has 7 nitrogen and oxygen atoms in total. The summed E-state index contributed by atoms with van der Waals surface area (Å²) in [6, 6.07) is 9.90. The summed E-state index contributed by atoms with van der Waals surface area (Å²) >= 11 is 1.43. The molecule has 0 saturated carbocycles. The monoisotopic (exact) mass is 330 g/mol. The zero-order chi connectivity index (χ0) is 16.1. The molecule has 0 aromatic carbocycles. The predicted molar refractivity (Wildman–Crippen MR) is 87.5 cm³/mol. The van der Waals surface area contributed by atoms with Gasteiger partial charge in [0.1, 0.15) is 5.69 Å². The van der Waals surface area contributed by atoms with Crippen LogP contribution in [0.3, 0.4) is 0 Å². The van der Waals surface area contributed by atoms with Crippen molar-refractivity contribution in [1.82, 2.24) is 15.1 Å². The van der Waals surface area contributed by atoms with Gasteiger partial charge >= 0.3 is 6.03 Å². The average molecular weight is 330 g/mol. The lowest BCUT2D eigenvalue weighted by molar-refractivity contribution is 0.251. The Bertz CT molecular complexity index is 825. The maximum absolute atomic E-state index is 11.8. The molecule has 0 unspecified atom stereocenters. The lowest BCUT2D eigenvalue weighted by atomic mass is 10.3. The van der Waals surface area contributed by atoms with Crippen LogP contribution < -0.4 is 16.2 Å². The van der Waals surface area contributed by atoms with Gasteiger partial charge in [0.25, 0.3) is 5.56 Å². The molecule has 0 bridgehead atoms. The smallest absolute Gasteiger partial charge is 0.319 e. The quantitative estimate of drug-likeness (QED) is 0.752. The third-order valence-corrected chi connectivity index (χ3v) is 3.79. The van der Waals surface area contributed by atoms with Crippen LogP contribution in [-0.2, 0) is 6.54 Å². The number of rotatable bonds is 5. The highest BCUT2D eigenvalue weighted by Gasteiger charge is 2.06. The van der Waals surface area contributed by atoms with E-state index in [0.717, 1.165) is 5.00 Å². The van der Waals surface area contributed by atoms with E-state index in [-0.39, 0.29) is 24.7 Å². The number of urea groups is 1. The van der Waals surface area contributed by atoms with Crippen molar-refractivity contribution >= 4 is 22.4 Å². The molecule has 118 valence electrons. The third kappa shape index (κ3) is 3.86. The van der Waals surface area contributed by atoms with Crippen molar-refractivity contribution in [3.8, 4) is 11.5 Å². The third-order valence-electron chi connectivity index (χ3n) is 3.01. The van der Waals surface area contributed by atoms with E-state index in [2.05, 4.69) is 15.7 Å². The van der Waals surface area contributed by atoms with Crippen LogP contribution >= 0.6 is 11.3 Å². The summed E-state index contributed by atoms with van der Waals surface area (Å²) in [5.41, 5.74) is 0.332. The Morgan fingerprint density at radius 2 is 2.17 bits per heavy atom. The highest BCUT2D eigenvalue weighted by molar-refractivity contribution is 7.14. The summed E-state index contributed by atoms with van der Waals surface area (Å²) in [6.45, 7) is 0.553. The molecule has 2 N–H and O–H groups in total. The summed E-state index contributed by atoms with van der Waals surface area (Å²) in [6.07, 6.45) is 1.54. The van der Waals surface area contributed by atoms with Crippen LogP contribution in [0.25, 0.3) is 11.5 Å². The molecular formula is C15H14N4O3S. The first-order valence-corrected chi connectivity index (χ1v) is 7.81. The van der Waals surface area contributed by atoms with Gasteiger partial charge in [0.2, 0.25) is 0 Å². The number of carbonyl (C=O) groups is 1. The minimum Gasteiger partial charge on any atom is -0.463 e. The van der Waals surface area contributed by atoms with Crippen LogP contribution in [-0.4, -0.2) is 22.4 Å². The van der Waals surface area contributed by atoms with Gasteiger partial charge < -0.3 is 9.73 Å². The maximum Gasteiger partial charge on any atom is 0.319 e. The molecule has 3 rings (SSSR count). The van der Waals surface area contributed by atoms with Gasteiger partial charge in [-0.05, 0) is 35.7 Å². The lowest BCUT2D eigenvalue weighted by Crippen LogP contribution is -2.34. The van der Waals surface area contributed by atoms with Crippen molar-refractivity contribution < 1.29 is 9.21 Å². The molecule has 0 saturated heterocycles. The molecule has 3 aromatic rings. The Kier molecular flexibility index (Phi) is 4.53. The number of thiophene rings is 1. The molecule has 0 radical (unpaired) electrons. The van der Waals surface area contributed by atoms with E-state index in [1.807, 2.05) is 17.5 Å². The van der Waals surface area contributed by atoms with Crippen molar-refractivity contribution in [2.24, 2.45) is 0 Å². The largest absolute Gasteiger partial charge is 0.463 e. The molecular weight excluding hydrogens is 316 g/mol. The Labute approximate surface area is 135 Å². The molecule has 8 heteroatoms. The second kappa shape index (κ2) is 6.93. The summed E-state index contributed by atoms with van der Waals surface area (Å²) in [5.74, 6) is 0.585. The van der Waals surface area contributed by atoms with Crippen molar-refractivity contribution in [3.63, 3.8) is 0 Å². The van der Waals surface area contributed by atoms with E-state index in [4.69, 9.17) is 4.42 Å². The van der Waals surface area contributed by atoms with E-state index >= 15 is 0 Å². The summed E-state index contributed by atoms with van der Waals surface area (Å²) < 4.78 is 6.55. The van der Waals surface area contributed by atoms with Crippen molar-refractivity contribution in [1.29, 1.82) is 0 Å². The predicted octanol–water partition coefficient (Wildman–Crippen LogP) is 2.39. The van der Waals surface area contributed by atoms with Gasteiger partial charge in [0, 0.05) is 12.6 Å². The van der Waals surface area contributed by atoms with Crippen LogP contribution in [0.15, 0.2) is 57.3 Å². The van der Waals surface area contributed by atoms with Gasteiger partial charge in [-0.15, -0.1) is 11.3 Å². The molecule has 0 atom stereocenters. The Balaban J connectivity index is 1.58. The fourth-order valence-corrected chi connectivity index (χ4v) is 2.56. The molecule has 23 heavy (non-hydrogen) atoms. The molecule has 3 aromatic heterocycles. The number of aromatic nitrogens is 2. The normalized spacial score (nSPS) is 10.4. The first-order valence-electron chi connectivity index (χ1n) is 6.93. The van der Waals surface area contributed by atoms with Gasteiger partial charge in [-0.1, -0.05) is 0 Å². The van der Waals surface area contributed by atoms with Gasteiger partial charge in [-0.2, -0.15) is 5.10 Å². The molecule has 0 aliphatic rings. The number of furan rings is 1. The van der Waals surface area contributed by atoms with Crippen LogP contribution in [0.5, 0.6) is 0 Å². The molecule has 0 fully saturated rings. The number of carbonyl (C=O) groups excluding carboxylic acids is 1. The van der Waals surface area contributed by atoms with E-state index in [1.54, 1.807) is 24.5 Å². The number of hydrogen-bond acceptors (Lipinski definition) is 5. The van der Waals surface area contributed by atoms with Gasteiger partial charge in [0.05, 0.1) is 17.8 Å². The maximum atomic E-state index is 11.8. The molecule has 0 aliphatic heterocycles. The number of amides is 2. The fourth-order valence-electron chi connectivity index (χ4n) is 1.95. The van der Waals surface area contributed by atoms with Crippen LogP contribution in [0.2, 0.25) is 0 Å². The minimum absolute atomic E-state index is 0.235. The first kappa shape index (κ1) is 15.0. The van der Waals surface area contributed by atoms with Crippen molar-refractivity contribution in [3.05, 3.63) is 58.4 Å². The van der Waals surface area contributed by atoms with Gasteiger partial charge in [-0.25, -0.2) is 9.48 Å². The Hall–Kier alpha value is -2.87. The molecule has 3 heterocycles. The van der Waals surface area contributed by atoms with Crippen LogP contribution in [0.1, 0.15) is 0 Å². The van der Waals surface area contributed by atoms with Crippen molar-refractivity contribution in [2.75, 3.05) is 11.9 Å². The van der Waals surface area contributed by atoms with Gasteiger partial charge in [0.15, 0.2) is 5.76 Å². The average Bonchev–Trinajstić information content (AvgIpc) is 3.22. The highest BCUT2D eigenvalue weighted by Crippen LogP contribution is 2.15. The summed E-state index contributed by atoms with van der Waals surface area (Å²) in [4.78, 5) is 23.5. The van der Waals surface area contributed by atoms with Crippen LogP contribution in [0.4, 0.5) is 9.80 Å². The number of hydrogen-bond donors (Lipinski definition) is 2. The zero-order valence-corrected chi connectivity index (χ0v) is 12.9. The topological polar surface area (TPSA) is 89.2 Å². The summed E-state index contributed by atoms with van der Waals surface area (Å²) in [7, 11) is 0. The molecule has 2 amide bonds. The lowest BCUT2D eigenvalue weighted by Gasteiger charge is -2.08. The number of nitrogens with zero attached hydrogens (tertiary/aromatic N) is 2. The van der Waals surface area contributed by atoms with E-state index in [0.29, 0.717) is 11.5 Å². The Morgan fingerprint density at radius 3 is 2.91 bits per heavy atom.